The van der Waals surface area contributed by atoms with Crippen LogP contribution in [0, 0.1) is 10.1 Å². The second-order valence-corrected chi connectivity index (χ2v) is 6.95. The molecule has 0 unspecified atom stereocenters. The lowest BCUT2D eigenvalue weighted by atomic mass is 10.1. The Morgan fingerprint density at radius 1 is 1.15 bits per heavy atom. The predicted octanol–water partition coefficient (Wildman–Crippen LogP) is 4.75. The largest absolute Gasteiger partial charge is 0.487 e. The van der Waals surface area contributed by atoms with Crippen LogP contribution >= 0.6 is 0 Å². The minimum atomic E-state index is -1.16. The average Bonchev–Trinajstić information content (AvgIpc) is 2.84. The monoisotopic (exact) mass is 463 g/mol. The molecule has 10 nitrogen and oxygen atoms in total. The zero-order valence-corrected chi connectivity index (χ0v) is 18.4. The molecule has 10 heteroatoms. The maximum atomic E-state index is 12.5. The number of carboxylic acids is 1. The van der Waals surface area contributed by atoms with Crippen molar-refractivity contribution >= 4 is 29.5 Å². The molecule has 2 aromatic carbocycles. The minimum absolute atomic E-state index is 0.105. The number of nitrogens with zero attached hydrogens (tertiary/aromatic N) is 3. The fraction of sp³-hybridized carbons (Fsp3) is 0.125. The van der Waals surface area contributed by atoms with Crippen molar-refractivity contribution in [3.63, 3.8) is 0 Å². The van der Waals surface area contributed by atoms with Crippen LogP contribution in [-0.2, 0) is 9.53 Å². The standard InChI is InChI=1S/C24H21N3O7/c1-3-33-22(23(28)29)13-16-7-12-21(25-15-16)17-5-4-6-19(14-17)26(2)24(30)34-20-10-8-18(9-11-20)27(31)32/h4-15H,3H2,1-2H3,(H,28,29). The predicted molar refractivity (Wildman–Crippen MR) is 124 cm³/mol. The number of nitro benzene ring substituents is 1. The summed E-state index contributed by atoms with van der Waals surface area (Å²) >= 11 is 0. The Labute approximate surface area is 194 Å². The van der Waals surface area contributed by atoms with Gasteiger partial charge in [-0.2, -0.15) is 0 Å². The molecule has 1 N–H and O–H groups in total. The molecule has 34 heavy (non-hydrogen) atoms. The zero-order valence-electron chi connectivity index (χ0n) is 18.4. The van der Waals surface area contributed by atoms with Gasteiger partial charge in [0.25, 0.3) is 5.69 Å². The van der Waals surface area contributed by atoms with Crippen LogP contribution in [0.1, 0.15) is 12.5 Å². The maximum absolute atomic E-state index is 12.5. The molecule has 0 saturated heterocycles. The summed E-state index contributed by atoms with van der Waals surface area (Å²) in [5, 5.41) is 19.9. The van der Waals surface area contributed by atoms with Crippen LogP contribution in [-0.4, -0.2) is 40.7 Å². The van der Waals surface area contributed by atoms with Gasteiger partial charge in [-0.3, -0.25) is 20.0 Å². The van der Waals surface area contributed by atoms with E-state index in [0.29, 0.717) is 16.9 Å². The lowest BCUT2D eigenvalue weighted by Gasteiger charge is -2.17. The van der Waals surface area contributed by atoms with Gasteiger partial charge in [-0.25, -0.2) is 9.59 Å². The van der Waals surface area contributed by atoms with E-state index in [4.69, 9.17) is 14.6 Å². The first-order valence-electron chi connectivity index (χ1n) is 10.1. The quantitative estimate of drug-likeness (QED) is 0.219. The molecule has 0 atom stereocenters. The van der Waals surface area contributed by atoms with Crippen molar-refractivity contribution in [3.05, 3.63) is 88.3 Å². The molecule has 0 aliphatic carbocycles. The Hall–Kier alpha value is -4.73. The summed E-state index contributed by atoms with van der Waals surface area (Å²) in [6.45, 7) is 1.93. The number of aromatic nitrogens is 1. The molecule has 3 rings (SSSR count). The number of amides is 1. The van der Waals surface area contributed by atoms with Crippen LogP contribution in [0.15, 0.2) is 72.6 Å². The van der Waals surface area contributed by atoms with Crippen molar-refractivity contribution < 1.29 is 29.1 Å². The number of aliphatic carboxylic acids is 1. The summed E-state index contributed by atoms with van der Waals surface area (Å²) in [5.41, 5.74) is 2.34. The second-order valence-electron chi connectivity index (χ2n) is 6.95. The van der Waals surface area contributed by atoms with E-state index in [2.05, 4.69) is 4.98 Å². The number of carboxylic acid groups (broad SMARTS) is 1. The molecule has 3 aromatic rings. The number of non-ortho nitro benzene ring substituents is 1. The number of pyridine rings is 1. The highest BCUT2D eigenvalue weighted by molar-refractivity contribution is 5.90. The number of benzene rings is 2. The van der Waals surface area contributed by atoms with Crippen LogP contribution in [0.5, 0.6) is 5.75 Å². The van der Waals surface area contributed by atoms with E-state index in [1.165, 1.54) is 48.5 Å². The van der Waals surface area contributed by atoms with Crippen molar-refractivity contribution in [3.8, 4) is 17.0 Å². The van der Waals surface area contributed by atoms with Gasteiger partial charge < -0.3 is 14.6 Å². The van der Waals surface area contributed by atoms with Gasteiger partial charge in [-0.05, 0) is 48.9 Å². The molecular weight excluding hydrogens is 442 g/mol. The fourth-order valence-corrected chi connectivity index (χ4v) is 2.92. The number of hydrogen-bond acceptors (Lipinski definition) is 7. The minimum Gasteiger partial charge on any atom is -0.487 e. The van der Waals surface area contributed by atoms with E-state index in [-0.39, 0.29) is 23.8 Å². The molecule has 0 bridgehead atoms. The Morgan fingerprint density at radius 2 is 1.88 bits per heavy atom. The number of hydrogen-bond donors (Lipinski definition) is 1. The Bertz CT molecular complexity index is 1220. The van der Waals surface area contributed by atoms with E-state index >= 15 is 0 Å². The third-order valence-electron chi connectivity index (χ3n) is 4.65. The van der Waals surface area contributed by atoms with Crippen molar-refractivity contribution in [2.75, 3.05) is 18.6 Å². The number of ether oxygens (including phenoxy) is 2. The Kier molecular flexibility index (Phi) is 7.55. The highest BCUT2D eigenvalue weighted by Crippen LogP contribution is 2.25. The third-order valence-corrected chi connectivity index (χ3v) is 4.65. The van der Waals surface area contributed by atoms with Gasteiger partial charge in [0, 0.05) is 36.6 Å². The lowest BCUT2D eigenvalue weighted by Crippen LogP contribution is -2.29. The molecule has 0 spiro atoms. The van der Waals surface area contributed by atoms with Crippen molar-refractivity contribution in [2.24, 2.45) is 0 Å². The van der Waals surface area contributed by atoms with E-state index < -0.39 is 17.0 Å². The first-order valence-corrected chi connectivity index (χ1v) is 10.1. The molecule has 0 aliphatic rings. The first-order chi connectivity index (χ1) is 16.3. The third kappa shape index (κ3) is 5.94. The lowest BCUT2D eigenvalue weighted by molar-refractivity contribution is -0.384. The van der Waals surface area contributed by atoms with Gasteiger partial charge in [-0.15, -0.1) is 0 Å². The molecule has 0 aliphatic heterocycles. The van der Waals surface area contributed by atoms with Gasteiger partial charge in [0.1, 0.15) is 5.75 Å². The highest BCUT2D eigenvalue weighted by atomic mass is 16.6. The normalized spacial score (nSPS) is 10.9. The SMILES string of the molecule is CCOC(=Cc1ccc(-c2cccc(N(C)C(=O)Oc3ccc([N+](=O)[O-])cc3)c2)nc1)C(=O)O. The van der Waals surface area contributed by atoms with E-state index in [9.17, 15) is 19.7 Å². The van der Waals surface area contributed by atoms with E-state index in [1.807, 2.05) is 6.07 Å². The highest BCUT2D eigenvalue weighted by Gasteiger charge is 2.15. The van der Waals surface area contributed by atoms with Crippen LogP contribution < -0.4 is 9.64 Å². The molecule has 1 amide bonds. The molecular formula is C24H21N3O7. The molecule has 174 valence electrons. The molecule has 1 heterocycles. The Morgan fingerprint density at radius 3 is 2.47 bits per heavy atom. The van der Waals surface area contributed by atoms with Crippen LogP contribution in [0.4, 0.5) is 16.2 Å². The van der Waals surface area contributed by atoms with E-state index in [0.717, 1.165) is 5.56 Å². The van der Waals surface area contributed by atoms with Gasteiger partial charge in [-0.1, -0.05) is 18.2 Å². The van der Waals surface area contributed by atoms with Crippen molar-refractivity contribution in [1.82, 2.24) is 4.98 Å². The summed E-state index contributed by atoms with van der Waals surface area (Å²) in [6.07, 6.45) is 2.24. The zero-order chi connectivity index (χ0) is 24.7. The van der Waals surface area contributed by atoms with E-state index in [1.54, 1.807) is 37.3 Å². The van der Waals surface area contributed by atoms with Crippen LogP contribution in [0.3, 0.4) is 0 Å². The average molecular weight is 463 g/mol. The summed E-state index contributed by atoms with van der Waals surface area (Å²) in [7, 11) is 1.54. The topological polar surface area (TPSA) is 132 Å². The molecule has 0 fully saturated rings. The summed E-state index contributed by atoms with van der Waals surface area (Å²) in [5.74, 6) is -1.16. The fourth-order valence-electron chi connectivity index (χ4n) is 2.92. The summed E-state index contributed by atoms with van der Waals surface area (Å²) in [6, 6.07) is 15.7. The maximum Gasteiger partial charge on any atom is 0.419 e. The smallest absolute Gasteiger partial charge is 0.419 e. The first kappa shape index (κ1) is 23.9. The van der Waals surface area contributed by atoms with Gasteiger partial charge in [0.15, 0.2) is 0 Å². The second kappa shape index (κ2) is 10.7. The number of nitro groups is 1. The van der Waals surface area contributed by atoms with Crippen LogP contribution in [0.2, 0.25) is 0 Å². The van der Waals surface area contributed by atoms with Crippen molar-refractivity contribution in [2.45, 2.75) is 6.92 Å². The summed E-state index contributed by atoms with van der Waals surface area (Å²) < 4.78 is 10.4. The molecule has 0 radical (unpaired) electrons. The summed E-state index contributed by atoms with van der Waals surface area (Å²) in [4.78, 5) is 39.6. The van der Waals surface area contributed by atoms with Gasteiger partial charge in [0.2, 0.25) is 5.76 Å². The molecule has 0 saturated carbocycles. The number of carbonyl (C=O) groups is 2. The van der Waals surface area contributed by atoms with Gasteiger partial charge in [0.05, 0.1) is 17.2 Å². The number of carbonyl (C=O) groups excluding carboxylic acids is 1. The number of rotatable bonds is 8. The van der Waals surface area contributed by atoms with Crippen LogP contribution in [0.25, 0.3) is 17.3 Å². The Balaban J connectivity index is 1.74. The number of anilines is 1. The molecule has 1 aromatic heterocycles. The van der Waals surface area contributed by atoms with Gasteiger partial charge >= 0.3 is 12.1 Å². The van der Waals surface area contributed by atoms with Crippen molar-refractivity contribution in [1.29, 1.82) is 0 Å².